The third-order valence-corrected chi connectivity index (χ3v) is 2.76. The van der Waals surface area contributed by atoms with Gasteiger partial charge in [-0.25, -0.2) is 4.79 Å². The Morgan fingerprint density at radius 3 is 2.56 bits per heavy atom. The van der Waals surface area contributed by atoms with E-state index in [1.54, 1.807) is 13.8 Å². The molecule has 5 nitrogen and oxygen atoms in total. The predicted molar refractivity (Wildman–Crippen MR) is 57.9 cm³/mol. The first kappa shape index (κ1) is 13.0. The van der Waals surface area contributed by atoms with Gasteiger partial charge in [-0.05, 0) is 18.8 Å². The fourth-order valence-corrected chi connectivity index (χ4v) is 1.73. The third-order valence-electron chi connectivity index (χ3n) is 2.76. The number of carbonyl (C=O) groups excluding carboxylic acids is 1. The summed E-state index contributed by atoms with van der Waals surface area (Å²) in [7, 11) is 0. The van der Waals surface area contributed by atoms with Crippen LogP contribution in [0.5, 0.6) is 0 Å². The van der Waals surface area contributed by atoms with Crippen LogP contribution in [0.2, 0.25) is 0 Å². The van der Waals surface area contributed by atoms with Gasteiger partial charge in [0.1, 0.15) is 6.04 Å². The van der Waals surface area contributed by atoms with E-state index in [0.29, 0.717) is 13.2 Å². The van der Waals surface area contributed by atoms with Gasteiger partial charge in [0.2, 0.25) is 5.91 Å². The van der Waals surface area contributed by atoms with Crippen LogP contribution in [-0.4, -0.2) is 36.2 Å². The first-order valence-electron chi connectivity index (χ1n) is 5.63. The summed E-state index contributed by atoms with van der Waals surface area (Å²) in [5.74, 6) is -1.51. The molecule has 0 spiro atoms. The summed E-state index contributed by atoms with van der Waals surface area (Å²) in [6, 6.07) is -0.811. The molecule has 0 saturated carbocycles. The molecule has 1 heterocycles. The Kier molecular flexibility index (Phi) is 4.73. The molecule has 0 aromatic carbocycles. The van der Waals surface area contributed by atoms with E-state index in [1.807, 2.05) is 0 Å². The summed E-state index contributed by atoms with van der Waals surface area (Å²) in [5, 5.41) is 11.5. The van der Waals surface area contributed by atoms with E-state index < -0.39 is 12.0 Å². The van der Waals surface area contributed by atoms with Crippen molar-refractivity contribution < 1.29 is 19.4 Å². The largest absolute Gasteiger partial charge is 0.480 e. The Hall–Kier alpha value is -1.10. The average molecular weight is 229 g/mol. The van der Waals surface area contributed by atoms with Crippen molar-refractivity contribution >= 4 is 11.9 Å². The van der Waals surface area contributed by atoms with Gasteiger partial charge in [0, 0.05) is 6.61 Å². The van der Waals surface area contributed by atoms with E-state index in [2.05, 4.69) is 5.32 Å². The molecule has 1 saturated heterocycles. The maximum atomic E-state index is 11.8. The van der Waals surface area contributed by atoms with Gasteiger partial charge >= 0.3 is 5.97 Å². The number of carboxylic acids is 1. The van der Waals surface area contributed by atoms with E-state index in [1.165, 1.54) is 0 Å². The Bertz CT molecular complexity index is 259. The Morgan fingerprint density at radius 2 is 2.12 bits per heavy atom. The maximum absolute atomic E-state index is 11.8. The van der Waals surface area contributed by atoms with E-state index in [9.17, 15) is 9.59 Å². The topological polar surface area (TPSA) is 75.6 Å². The summed E-state index contributed by atoms with van der Waals surface area (Å²) < 4.78 is 5.20. The molecule has 1 aliphatic heterocycles. The number of hydrogen-bond acceptors (Lipinski definition) is 3. The molecule has 1 rings (SSSR count). The highest BCUT2D eigenvalue weighted by atomic mass is 16.5. The zero-order valence-corrected chi connectivity index (χ0v) is 9.73. The third kappa shape index (κ3) is 3.48. The second kappa shape index (κ2) is 5.84. The summed E-state index contributed by atoms with van der Waals surface area (Å²) in [4.78, 5) is 22.7. The maximum Gasteiger partial charge on any atom is 0.326 e. The van der Waals surface area contributed by atoms with Crippen LogP contribution in [0.4, 0.5) is 0 Å². The summed E-state index contributed by atoms with van der Waals surface area (Å²) in [6.45, 7) is 4.64. The van der Waals surface area contributed by atoms with Crippen molar-refractivity contribution in [1.29, 1.82) is 0 Å². The molecule has 2 N–H and O–H groups in total. The average Bonchev–Trinajstić information content (AvgIpc) is 2.25. The Labute approximate surface area is 95.2 Å². The number of carboxylic acid groups (broad SMARTS) is 1. The second-order valence-corrected chi connectivity index (χ2v) is 4.48. The minimum atomic E-state index is -0.986. The van der Waals surface area contributed by atoms with Crippen LogP contribution in [0.1, 0.15) is 26.7 Å². The molecule has 92 valence electrons. The molecular formula is C11H19NO4. The van der Waals surface area contributed by atoms with Gasteiger partial charge in [0.15, 0.2) is 0 Å². The molecule has 0 bridgehead atoms. The zero-order chi connectivity index (χ0) is 12.1. The van der Waals surface area contributed by atoms with Crippen molar-refractivity contribution in [2.24, 2.45) is 11.8 Å². The van der Waals surface area contributed by atoms with E-state index in [-0.39, 0.29) is 17.7 Å². The quantitative estimate of drug-likeness (QED) is 0.741. The fourth-order valence-electron chi connectivity index (χ4n) is 1.73. The van der Waals surface area contributed by atoms with Gasteiger partial charge < -0.3 is 15.2 Å². The molecule has 5 heteroatoms. The van der Waals surface area contributed by atoms with Gasteiger partial charge in [0.25, 0.3) is 0 Å². The summed E-state index contributed by atoms with van der Waals surface area (Å²) >= 11 is 0. The lowest BCUT2D eigenvalue weighted by Crippen LogP contribution is -2.47. The molecule has 0 radical (unpaired) electrons. The van der Waals surface area contributed by atoms with Crippen LogP contribution in [-0.2, 0) is 14.3 Å². The Morgan fingerprint density at radius 1 is 1.44 bits per heavy atom. The molecule has 1 unspecified atom stereocenters. The molecular weight excluding hydrogens is 210 g/mol. The van der Waals surface area contributed by atoms with Crippen molar-refractivity contribution in [2.75, 3.05) is 13.2 Å². The van der Waals surface area contributed by atoms with Crippen LogP contribution in [0.25, 0.3) is 0 Å². The van der Waals surface area contributed by atoms with Gasteiger partial charge in [-0.1, -0.05) is 13.8 Å². The molecule has 2 atom stereocenters. The number of aliphatic carboxylic acids is 1. The standard InChI is InChI=1S/C11H19NO4/c1-7(2)9(11(14)15)12-10(13)8-4-3-5-16-6-8/h7-9H,3-6H2,1-2H3,(H,12,13)(H,14,15)/t8?,9-/m0/s1. The predicted octanol–water partition coefficient (Wildman–Crippen LogP) is 0.638. The minimum absolute atomic E-state index is 0.119. The number of ether oxygens (including phenoxy) is 1. The molecule has 0 aromatic heterocycles. The Balaban J connectivity index is 2.50. The van der Waals surface area contributed by atoms with Gasteiger partial charge in [-0.2, -0.15) is 0 Å². The fraction of sp³-hybridized carbons (Fsp3) is 0.818. The van der Waals surface area contributed by atoms with Gasteiger partial charge in [0.05, 0.1) is 12.5 Å². The monoisotopic (exact) mass is 229 g/mol. The summed E-state index contributed by atoms with van der Waals surface area (Å²) in [5.41, 5.74) is 0. The smallest absolute Gasteiger partial charge is 0.326 e. The van der Waals surface area contributed by atoms with Gasteiger partial charge in [-0.15, -0.1) is 0 Å². The first-order chi connectivity index (χ1) is 7.52. The summed E-state index contributed by atoms with van der Waals surface area (Å²) in [6.07, 6.45) is 1.63. The second-order valence-electron chi connectivity index (χ2n) is 4.48. The van der Waals surface area contributed by atoms with Crippen LogP contribution in [0.15, 0.2) is 0 Å². The number of amides is 1. The van der Waals surface area contributed by atoms with Crippen LogP contribution in [0, 0.1) is 11.8 Å². The highest BCUT2D eigenvalue weighted by Crippen LogP contribution is 2.14. The highest BCUT2D eigenvalue weighted by molar-refractivity contribution is 5.85. The number of rotatable bonds is 4. The lowest BCUT2D eigenvalue weighted by Gasteiger charge is -2.24. The molecule has 0 aromatic rings. The van der Waals surface area contributed by atoms with E-state index in [4.69, 9.17) is 9.84 Å². The zero-order valence-electron chi connectivity index (χ0n) is 9.73. The molecule has 16 heavy (non-hydrogen) atoms. The van der Waals surface area contributed by atoms with Crippen LogP contribution < -0.4 is 5.32 Å². The van der Waals surface area contributed by atoms with Crippen molar-refractivity contribution in [1.82, 2.24) is 5.32 Å². The lowest BCUT2D eigenvalue weighted by molar-refractivity contribution is -0.144. The minimum Gasteiger partial charge on any atom is -0.480 e. The molecule has 1 fully saturated rings. The van der Waals surface area contributed by atoms with Crippen molar-refractivity contribution in [3.63, 3.8) is 0 Å². The lowest BCUT2D eigenvalue weighted by atomic mass is 9.99. The molecule has 0 aliphatic carbocycles. The van der Waals surface area contributed by atoms with E-state index in [0.717, 1.165) is 12.8 Å². The van der Waals surface area contributed by atoms with Crippen LogP contribution in [0.3, 0.4) is 0 Å². The highest BCUT2D eigenvalue weighted by Gasteiger charge is 2.28. The van der Waals surface area contributed by atoms with E-state index >= 15 is 0 Å². The normalized spacial score (nSPS) is 22.8. The molecule has 1 aliphatic rings. The van der Waals surface area contributed by atoms with Crippen molar-refractivity contribution in [2.45, 2.75) is 32.7 Å². The van der Waals surface area contributed by atoms with Gasteiger partial charge in [-0.3, -0.25) is 4.79 Å². The van der Waals surface area contributed by atoms with Crippen molar-refractivity contribution in [3.05, 3.63) is 0 Å². The first-order valence-corrected chi connectivity index (χ1v) is 5.63. The van der Waals surface area contributed by atoms with Crippen LogP contribution >= 0.6 is 0 Å². The van der Waals surface area contributed by atoms with Crippen molar-refractivity contribution in [3.8, 4) is 0 Å². The number of carbonyl (C=O) groups is 2. The molecule has 1 amide bonds. The SMILES string of the molecule is CC(C)[C@H](NC(=O)C1CCCOC1)C(=O)O. The number of nitrogens with one attached hydrogen (secondary N) is 1. The number of hydrogen-bond donors (Lipinski definition) is 2.